The fourth-order valence-electron chi connectivity index (χ4n) is 1.78. The summed E-state index contributed by atoms with van der Waals surface area (Å²) in [6.45, 7) is 15.0. The topological polar surface area (TPSA) is 12.0 Å². The molecule has 0 aromatic carbocycles. The summed E-state index contributed by atoms with van der Waals surface area (Å²) in [6.07, 6.45) is 5.26. The first-order valence-electron chi connectivity index (χ1n) is 7.20. The van der Waals surface area contributed by atoms with Crippen molar-refractivity contribution >= 4 is 11.8 Å². The van der Waals surface area contributed by atoms with Gasteiger partial charge in [0.05, 0.1) is 0 Å². The summed E-state index contributed by atoms with van der Waals surface area (Å²) < 4.78 is 0. The van der Waals surface area contributed by atoms with Crippen molar-refractivity contribution < 1.29 is 0 Å². The minimum Gasteiger partial charge on any atom is -0.313 e. The van der Waals surface area contributed by atoms with E-state index in [9.17, 15) is 0 Å². The van der Waals surface area contributed by atoms with Gasteiger partial charge in [-0.05, 0) is 36.5 Å². The first-order valence-corrected chi connectivity index (χ1v) is 8.25. The molecule has 0 radical (unpaired) electrons. The second kappa shape index (κ2) is 9.27. The molecule has 0 bridgehead atoms. The zero-order chi connectivity index (χ0) is 13.3. The normalized spacial score (nSPS) is 14.3. The van der Waals surface area contributed by atoms with Crippen LogP contribution in [0.15, 0.2) is 0 Å². The summed E-state index contributed by atoms with van der Waals surface area (Å²) in [4.78, 5) is 0. The van der Waals surface area contributed by atoms with Gasteiger partial charge in [-0.1, -0.05) is 48.0 Å². The number of hydrogen-bond donors (Lipinski definition) is 1. The molecule has 0 amide bonds. The van der Waals surface area contributed by atoms with Crippen LogP contribution in [-0.2, 0) is 0 Å². The van der Waals surface area contributed by atoms with Crippen LogP contribution in [0.25, 0.3) is 0 Å². The Labute approximate surface area is 114 Å². The minimum absolute atomic E-state index is 0.487. The van der Waals surface area contributed by atoms with E-state index in [0.29, 0.717) is 11.5 Å². The lowest BCUT2D eigenvalue weighted by molar-refractivity contribution is 0.347. The Kier molecular flexibility index (Phi) is 9.44. The van der Waals surface area contributed by atoms with E-state index in [-0.39, 0.29) is 0 Å². The smallest absolute Gasteiger partial charge is 0.0158 e. The molecule has 17 heavy (non-hydrogen) atoms. The SMILES string of the molecule is CCCNC(CCCC(C)(C)C)CSC(C)C. The third-order valence-electron chi connectivity index (χ3n) is 2.79. The standard InChI is InChI=1S/C15H33NS/c1-7-11-16-14(12-17-13(2)3)9-8-10-15(4,5)6/h13-14,16H,7-12H2,1-6H3. The van der Waals surface area contributed by atoms with Crippen molar-refractivity contribution in [1.82, 2.24) is 5.32 Å². The molecule has 0 aliphatic rings. The highest BCUT2D eigenvalue weighted by Crippen LogP contribution is 2.23. The monoisotopic (exact) mass is 259 g/mol. The lowest BCUT2D eigenvalue weighted by Gasteiger charge is -2.22. The van der Waals surface area contributed by atoms with Crippen LogP contribution >= 0.6 is 11.8 Å². The van der Waals surface area contributed by atoms with E-state index in [1.807, 2.05) is 0 Å². The number of rotatable bonds is 9. The van der Waals surface area contributed by atoms with Crippen LogP contribution < -0.4 is 5.32 Å². The lowest BCUT2D eigenvalue weighted by atomic mass is 9.89. The minimum atomic E-state index is 0.487. The molecule has 1 unspecified atom stereocenters. The average Bonchev–Trinajstić information content (AvgIpc) is 2.19. The predicted octanol–water partition coefficient (Wildman–Crippen LogP) is 4.71. The van der Waals surface area contributed by atoms with Crippen LogP contribution in [0.2, 0.25) is 0 Å². The Hall–Kier alpha value is 0.310. The summed E-state index contributed by atoms with van der Waals surface area (Å²) in [7, 11) is 0. The molecule has 1 nitrogen and oxygen atoms in total. The molecule has 1 atom stereocenters. The van der Waals surface area contributed by atoms with Crippen molar-refractivity contribution in [2.45, 2.75) is 78.5 Å². The fraction of sp³-hybridized carbons (Fsp3) is 1.00. The molecular weight excluding hydrogens is 226 g/mol. The van der Waals surface area contributed by atoms with E-state index >= 15 is 0 Å². The summed E-state index contributed by atoms with van der Waals surface area (Å²) in [5.41, 5.74) is 0.487. The molecule has 104 valence electrons. The summed E-state index contributed by atoms with van der Waals surface area (Å²) in [6, 6.07) is 0.713. The van der Waals surface area contributed by atoms with Gasteiger partial charge in [-0.2, -0.15) is 11.8 Å². The van der Waals surface area contributed by atoms with E-state index in [1.54, 1.807) is 0 Å². The number of thioether (sulfide) groups is 1. The van der Waals surface area contributed by atoms with Gasteiger partial charge in [0.1, 0.15) is 0 Å². The summed E-state index contributed by atoms with van der Waals surface area (Å²) in [5, 5.41) is 4.44. The molecule has 1 N–H and O–H groups in total. The van der Waals surface area contributed by atoms with E-state index in [1.165, 1.54) is 38.0 Å². The van der Waals surface area contributed by atoms with Gasteiger partial charge in [-0.25, -0.2) is 0 Å². The first-order chi connectivity index (χ1) is 7.85. The Morgan fingerprint density at radius 1 is 1.18 bits per heavy atom. The molecular formula is C15H33NS. The maximum absolute atomic E-state index is 3.69. The molecule has 0 fully saturated rings. The Morgan fingerprint density at radius 2 is 1.82 bits per heavy atom. The molecule has 0 aliphatic heterocycles. The highest BCUT2D eigenvalue weighted by Gasteiger charge is 2.13. The van der Waals surface area contributed by atoms with Crippen molar-refractivity contribution in [2.75, 3.05) is 12.3 Å². The Bertz CT molecular complexity index is 172. The van der Waals surface area contributed by atoms with Gasteiger partial charge in [0.2, 0.25) is 0 Å². The molecule has 0 saturated carbocycles. The molecule has 0 aromatic rings. The molecule has 0 aromatic heterocycles. The van der Waals surface area contributed by atoms with Gasteiger partial charge in [-0.3, -0.25) is 0 Å². The van der Waals surface area contributed by atoms with Gasteiger partial charge in [0, 0.05) is 11.8 Å². The highest BCUT2D eigenvalue weighted by atomic mass is 32.2. The Morgan fingerprint density at radius 3 is 2.29 bits per heavy atom. The zero-order valence-electron chi connectivity index (χ0n) is 12.8. The van der Waals surface area contributed by atoms with Crippen molar-refractivity contribution in [1.29, 1.82) is 0 Å². The molecule has 0 aliphatic carbocycles. The lowest BCUT2D eigenvalue weighted by Crippen LogP contribution is -2.32. The molecule has 2 heteroatoms. The summed E-state index contributed by atoms with van der Waals surface area (Å²) in [5.74, 6) is 1.27. The van der Waals surface area contributed by atoms with Crippen LogP contribution in [0.4, 0.5) is 0 Å². The van der Waals surface area contributed by atoms with Gasteiger partial charge in [0.25, 0.3) is 0 Å². The van der Waals surface area contributed by atoms with E-state index in [2.05, 4.69) is 58.6 Å². The number of hydrogen-bond acceptors (Lipinski definition) is 2. The fourth-order valence-corrected chi connectivity index (χ4v) is 2.68. The van der Waals surface area contributed by atoms with E-state index < -0.39 is 0 Å². The van der Waals surface area contributed by atoms with Crippen LogP contribution in [0, 0.1) is 5.41 Å². The molecule has 0 rings (SSSR count). The van der Waals surface area contributed by atoms with Crippen molar-refractivity contribution in [3.63, 3.8) is 0 Å². The molecule has 0 heterocycles. The van der Waals surface area contributed by atoms with Crippen LogP contribution in [0.3, 0.4) is 0 Å². The zero-order valence-corrected chi connectivity index (χ0v) is 13.6. The van der Waals surface area contributed by atoms with Gasteiger partial charge >= 0.3 is 0 Å². The van der Waals surface area contributed by atoms with E-state index in [4.69, 9.17) is 0 Å². The quantitative estimate of drug-likeness (QED) is 0.643. The maximum atomic E-state index is 3.69. The summed E-state index contributed by atoms with van der Waals surface area (Å²) >= 11 is 2.09. The van der Waals surface area contributed by atoms with Gasteiger partial charge in [-0.15, -0.1) is 0 Å². The molecule has 0 saturated heterocycles. The second-order valence-corrected chi connectivity index (χ2v) is 8.10. The van der Waals surface area contributed by atoms with Gasteiger partial charge < -0.3 is 5.32 Å². The van der Waals surface area contributed by atoms with Crippen molar-refractivity contribution in [2.24, 2.45) is 5.41 Å². The second-order valence-electron chi connectivity index (χ2n) is 6.49. The number of nitrogens with one attached hydrogen (secondary N) is 1. The first kappa shape index (κ1) is 17.3. The highest BCUT2D eigenvalue weighted by molar-refractivity contribution is 7.99. The third-order valence-corrected chi connectivity index (χ3v) is 4.05. The Balaban J connectivity index is 3.84. The molecule has 0 spiro atoms. The van der Waals surface area contributed by atoms with Crippen molar-refractivity contribution in [3.05, 3.63) is 0 Å². The van der Waals surface area contributed by atoms with Crippen molar-refractivity contribution in [3.8, 4) is 0 Å². The predicted molar refractivity (Wildman–Crippen MR) is 83.0 cm³/mol. The van der Waals surface area contributed by atoms with Gasteiger partial charge in [0.15, 0.2) is 0 Å². The van der Waals surface area contributed by atoms with E-state index in [0.717, 1.165) is 5.25 Å². The van der Waals surface area contributed by atoms with Crippen LogP contribution in [0.1, 0.15) is 67.2 Å². The van der Waals surface area contributed by atoms with Crippen LogP contribution in [-0.4, -0.2) is 23.6 Å². The maximum Gasteiger partial charge on any atom is 0.0158 e. The van der Waals surface area contributed by atoms with Crippen LogP contribution in [0.5, 0.6) is 0 Å². The third kappa shape index (κ3) is 12.6. The average molecular weight is 260 g/mol. The largest absolute Gasteiger partial charge is 0.313 e.